The van der Waals surface area contributed by atoms with Crippen molar-refractivity contribution in [3.63, 3.8) is 0 Å². The molecule has 1 N–H and O–H groups in total. The summed E-state index contributed by atoms with van der Waals surface area (Å²) in [6.45, 7) is 7.78. The maximum absolute atomic E-state index is 12.1. The highest BCUT2D eigenvalue weighted by Crippen LogP contribution is 2.22. The first-order valence-corrected chi connectivity index (χ1v) is 7.59. The molecule has 7 heteroatoms. The van der Waals surface area contributed by atoms with Gasteiger partial charge in [0.25, 0.3) is 5.69 Å². The van der Waals surface area contributed by atoms with Crippen LogP contribution in [0.5, 0.6) is 0 Å². The Bertz CT molecular complexity index is 806. The van der Waals surface area contributed by atoms with Crippen LogP contribution in [0.4, 0.5) is 11.4 Å². The van der Waals surface area contributed by atoms with Gasteiger partial charge in [-0.2, -0.15) is 5.10 Å². The van der Waals surface area contributed by atoms with E-state index in [9.17, 15) is 14.9 Å². The maximum Gasteiger partial charge on any atom is 0.270 e. The van der Waals surface area contributed by atoms with Crippen molar-refractivity contribution in [3.05, 3.63) is 57.4 Å². The van der Waals surface area contributed by atoms with Crippen molar-refractivity contribution in [2.45, 2.75) is 33.7 Å². The van der Waals surface area contributed by atoms with Gasteiger partial charge in [0.15, 0.2) is 0 Å². The van der Waals surface area contributed by atoms with Crippen molar-refractivity contribution in [3.8, 4) is 0 Å². The van der Waals surface area contributed by atoms with Gasteiger partial charge >= 0.3 is 0 Å². The van der Waals surface area contributed by atoms with E-state index in [1.165, 1.54) is 18.2 Å². The highest BCUT2D eigenvalue weighted by Gasteiger charge is 2.14. The van der Waals surface area contributed by atoms with E-state index in [1.807, 2.05) is 32.4 Å². The summed E-state index contributed by atoms with van der Waals surface area (Å²) in [6.07, 6.45) is 2.89. The van der Waals surface area contributed by atoms with Crippen LogP contribution in [0.15, 0.2) is 30.3 Å². The average molecular weight is 328 g/mol. The Morgan fingerprint density at radius 2 is 2.08 bits per heavy atom. The molecule has 0 fully saturated rings. The molecule has 0 aliphatic carbocycles. The van der Waals surface area contributed by atoms with Crippen LogP contribution in [0.1, 0.15) is 36.8 Å². The van der Waals surface area contributed by atoms with Gasteiger partial charge in [0, 0.05) is 24.3 Å². The molecule has 24 heavy (non-hydrogen) atoms. The van der Waals surface area contributed by atoms with E-state index in [0.29, 0.717) is 11.3 Å². The van der Waals surface area contributed by atoms with Gasteiger partial charge in [-0.25, -0.2) is 0 Å². The second-order valence-electron chi connectivity index (χ2n) is 5.76. The number of nitrogens with zero attached hydrogens (tertiary/aromatic N) is 3. The SMILES string of the molecule is Cc1nn(C(C)C)c(C)c1NC(=O)/C=C/c1cccc([N+](=O)[O-])c1. The van der Waals surface area contributed by atoms with Crippen LogP contribution in [-0.4, -0.2) is 20.6 Å². The fraction of sp³-hybridized carbons (Fsp3) is 0.294. The average Bonchev–Trinajstić information content (AvgIpc) is 2.81. The van der Waals surface area contributed by atoms with Crippen LogP contribution in [0.2, 0.25) is 0 Å². The van der Waals surface area contributed by atoms with Gasteiger partial charge in [0.1, 0.15) is 0 Å². The minimum absolute atomic E-state index is 0.0116. The number of nitro groups is 1. The summed E-state index contributed by atoms with van der Waals surface area (Å²) in [6, 6.07) is 6.30. The molecule has 1 aromatic carbocycles. The number of nitro benzene ring substituents is 1. The third kappa shape index (κ3) is 3.87. The van der Waals surface area contributed by atoms with E-state index in [1.54, 1.807) is 18.2 Å². The fourth-order valence-corrected chi connectivity index (χ4v) is 2.43. The number of non-ortho nitro benzene ring substituents is 1. The number of anilines is 1. The van der Waals surface area contributed by atoms with Gasteiger partial charge in [-0.1, -0.05) is 12.1 Å². The molecule has 0 bridgehead atoms. The monoisotopic (exact) mass is 328 g/mol. The molecule has 0 saturated carbocycles. The van der Waals surface area contributed by atoms with E-state index in [4.69, 9.17) is 0 Å². The zero-order valence-electron chi connectivity index (χ0n) is 14.1. The first kappa shape index (κ1) is 17.4. The summed E-state index contributed by atoms with van der Waals surface area (Å²) in [5.74, 6) is -0.309. The minimum atomic E-state index is -0.468. The smallest absolute Gasteiger partial charge is 0.270 e. The summed E-state index contributed by atoms with van der Waals surface area (Å²) in [5, 5.41) is 18.0. The van der Waals surface area contributed by atoms with Gasteiger partial charge in [-0.3, -0.25) is 19.6 Å². The minimum Gasteiger partial charge on any atom is -0.319 e. The van der Waals surface area contributed by atoms with Gasteiger partial charge in [-0.05, 0) is 39.3 Å². The first-order chi connectivity index (χ1) is 11.3. The van der Waals surface area contributed by atoms with E-state index in [2.05, 4.69) is 10.4 Å². The molecule has 0 radical (unpaired) electrons. The summed E-state index contributed by atoms with van der Waals surface area (Å²) in [7, 11) is 0. The van der Waals surface area contributed by atoms with Crippen LogP contribution < -0.4 is 5.32 Å². The number of nitrogens with one attached hydrogen (secondary N) is 1. The Balaban J connectivity index is 2.14. The Morgan fingerprint density at radius 1 is 1.38 bits per heavy atom. The molecule has 126 valence electrons. The van der Waals surface area contributed by atoms with Crippen LogP contribution in [0, 0.1) is 24.0 Å². The molecular formula is C17H20N4O3. The molecule has 0 aliphatic heterocycles. The fourth-order valence-electron chi connectivity index (χ4n) is 2.43. The van der Waals surface area contributed by atoms with Gasteiger partial charge in [-0.15, -0.1) is 0 Å². The van der Waals surface area contributed by atoms with E-state index in [-0.39, 0.29) is 17.6 Å². The lowest BCUT2D eigenvalue weighted by molar-refractivity contribution is -0.384. The second kappa shape index (κ2) is 7.08. The molecule has 0 aliphatic rings. The number of amides is 1. The van der Waals surface area contributed by atoms with Crippen LogP contribution >= 0.6 is 0 Å². The van der Waals surface area contributed by atoms with E-state index in [0.717, 1.165) is 11.4 Å². The van der Waals surface area contributed by atoms with Crippen molar-refractivity contribution in [2.24, 2.45) is 0 Å². The topological polar surface area (TPSA) is 90.1 Å². The highest BCUT2D eigenvalue weighted by atomic mass is 16.6. The number of benzene rings is 1. The van der Waals surface area contributed by atoms with Crippen molar-refractivity contribution in [2.75, 3.05) is 5.32 Å². The van der Waals surface area contributed by atoms with Gasteiger partial charge < -0.3 is 5.32 Å². The number of carbonyl (C=O) groups is 1. The Hall–Kier alpha value is -2.96. The lowest BCUT2D eigenvalue weighted by atomic mass is 10.2. The standard InChI is InChI=1S/C17H20N4O3/c1-11(2)20-13(4)17(12(3)19-20)18-16(22)9-8-14-6-5-7-15(10-14)21(23)24/h5-11H,1-4H3,(H,18,22)/b9-8+. The van der Waals surface area contributed by atoms with Gasteiger partial charge in [0.2, 0.25) is 5.91 Å². The lowest BCUT2D eigenvalue weighted by Gasteiger charge is -2.08. The predicted molar refractivity (Wildman–Crippen MR) is 92.8 cm³/mol. The van der Waals surface area contributed by atoms with Crippen molar-refractivity contribution >= 4 is 23.4 Å². The molecule has 1 amide bonds. The van der Waals surface area contributed by atoms with Crippen molar-refractivity contribution in [1.82, 2.24) is 9.78 Å². The zero-order valence-corrected chi connectivity index (χ0v) is 14.1. The molecule has 0 unspecified atom stereocenters. The summed E-state index contributed by atoms with van der Waals surface area (Å²) in [5.41, 5.74) is 2.91. The molecule has 1 aromatic heterocycles. The summed E-state index contributed by atoms with van der Waals surface area (Å²) >= 11 is 0. The zero-order chi connectivity index (χ0) is 17.9. The molecule has 2 aromatic rings. The molecule has 0 atom stereocenters. The number of hydrogen-bond donors (Lipinski definition) is 1. The van der Waals surface area contributed by atoms with E-state index >= 15 is 0 Å². The van der Waals surface area contributed by atoms with E-state index < -0.39 is 4.92 Å². The quantitative estimate of drug-likeness (QED) is 0.515. The lowest BCUT2D eigenvalue weighted by Crippen LogP contribution is -2.10. The number of aryl methyl sites for hydroxylation is 1. The molecule has 0 spiro atoms. The number of hydrogen-bond acceptors (Lipinski definition) is 4. The third-order valence-electron chi connectivity index (χ3n) is 3.57. The Morgan fingerprint density at radius 3 is 2.67 bits per heavy atom. The molecule has 2 rings (SSSR count). The third-order valence-corrected chi connectivity index (χ3v) is 3.57. The summed E-state index contributed by atoms with van der Waals surface area (Å²) in [4.78, 5) is 22.4. The Kier molecular flexibility index (Phi) is 5.13. The second-order valence-corrected chi connectivity index (χ2v) is 5.76. The molecule has 1 heterocycles. The van der Waals surface area contributed by atoms with Crippen molar-refractivity contribution in [1.29, 1.82) is 0 Å². The number of aromatic nitrogens is 2. The molecule has 0 saturated heterocycles. The van der Waals surface area contributed by atoms with Crippen LogP contribution in [0.25, 0.3) is 6.08 Å². The van der Waals surface area contributed by atoms with Crippen molar-refractivity contribution < 1.29 is 9.72 Å². The maximum atomic E-state index is 12.1. The largest absolute Gasteiger partial charge is 0.319 e. The Labute approximate surface area is 140 Å². The molecule has 7 nitrogen and oxygen atoms in total. The normalized spacial score (nSPS) is 11.2. The summed E-state index contributed by atoms with van der Waals surface area (Å²) < 4.78 is 1.86. The number of carbonyl (C=O) groups excluding carboxylic acids is 1. The van der Waals surface area contributed by atoms with Crippen LogP contribution in [-0.2, 0) is 4.79 Å². The predicted octanol–water partition coefficient (Wildman–Crippen LogP) is 3.64. The van der Waals surface area contributed by atoms with Gasteiger partial charge in [0.05, 0.1) is 22.0 Å². The molecular weight excluding hydrogens is 308 g/mol. The van der Waals surface area contributed by atoms with Crippen LogP contribution in [0.3, 0.4) is 0 Å². The first-order valence-electron chi connectivity index (χ1n) is 7.59. The number of rotatable bonds is 5. The highest BCUT2D eigenvalue weighted by molar-refractivity contribution is 6.02.